The van der Waals surface area contributed by atoms with Crippen LogP contribution in [0, 0.1) is 6.92 Å². The molecular weight excluding hydrogens is 327 g/mol. The van der Waals surface area contributed by atoms with Crippen molar-refractivity contribution in [3.05, 3.63) is 59.3 Å². The van der Waals surface area contributed by atoms with E-state index in [0.29, 0.717) is 6.54 Å². The average Bonchev–Trinajstić information content (AvgIpc) is 2.94. The van der Waals surface area contributed by atoms with Crippen LogP contribution in [0.5, 0.6) is 0 Å². The predicted molar refractivity (Wildman–Crippen MR) is 102 cm³/mol. The van der Waals surface area contributed by atoms with E-state index in [4.69, 9.17) is 0 Å². The van der Waals surface area contributed by atoms with Gasteiger partial charge in [0.05, 0.1) is 6.04 Å². The molecule has 26 heavy (non-hydrogen) atoms. The van der Waals surface area contributed by atoms with Crippen molar-refractivity contribution in [2.45, 2.75) is 51.9 Å². The molecule has 0 fully saturated rings. The zero-order chi connectivity index (χ0) is 18.5. The molecule has 3 heterocycles. The van der Waals surface area contributed by atoms with Gasteiger partial charge in [0.25, 0.3) is 0 Å². The minimum Gasteiger partial charge on any atom is -0.357 e. The number of para-hydroxylation sites is 1. The summed E-state index contributed by atoms with van der Waals surface area (Å²) in [7, 11) is 0. The number of rotatable bonds is 3. The summed E-state index contributed by atoms with van der Waals surface area (Å²) in [6, 6.07) is 8.53. The zero-order valence-corrected chi connectivity index (χ0v) is 15.8. The maximum Gasteiger partial charge on any atom is 0.125 e. The molecule has 3 aromatic rings. The van der Waals surface area contributed by atoms with Crippen molar-refractivity contribution in [2.24, 2.45) is 0 Å². The van der Waals surface area contributed by atoms with Gasteiger partial charge in [-0.1, -0.05) is 18.2 Å². The van der Waals surface area contributed by atoms with Gasteiger partial charge >= 0.3 is 0 Å². The van der Waals surface area contributed by atoms with Crippen molar-refractivity contribution in [1.82, 2.24) is 19.9 Å². The summed E-state index contributed by atoms with van der Waals surface area (Å²) in [5.41, 5.74) is 3.32. The number of H-pyrrole nitrogens is 1. The summed E-state index contributed by atoms with van der Waals surface area (Å²) in [6.45, 7) is 7.70. The molecule has 0 bridgehead atoms. The molecule has 1 N–H and O–H groups in total. The largest absolute Gasteiger partial charge is 0.357 e. The van der Waals surface area contributed by atoms with Gasteiger partial charge in [0.2, 0.25) is 0 Å². The lowest BCUT2D eigenvalue weighted by molar-refractivity contribution is 0.0665. The Hall–Kier alpha value is -2.27. The quantitative estimate of drug-likeness (QED) is 0.762. The third-order valence-electron chi connectivity index (χ3n) is 5.19. The molecule has 0 radical (unpaired) electrons. The van der Waals surface area contributed by atoms with Crippen molar-refractivity contribution in [3.8, 4) is 0 Å². The van der Waals surface area contributed by atoms with Crippen LogP contribution in [0.2, 0.25) is 0 Å². The Morgan fingerprint density at radius 3 is 2.62 bits per heavy atom. The van der Waals surface area contributed by atoms with E-state index in [-0.39, 0.29) is 12.1 Å². The van der Waals surface area contributed by atoms with Crippen LogP contribution < -0.4 is 0 Å². The number of nitrogens with zero attached hydrogens (tertiary/aromatic N) is 3. The number of benzene rings is 1. The maximum absolute atomic E-state index is 14.6. The van der Waals surface area contributed by atoms with Gasteiger partial charge in [-0.3, -0.25) is 4.90 Å². The fraction of sp³-hybridized carbons (Fsp3) is 0.429. The van der Waals surface area contributed by atoms with Crippen LogP contribution in [0.3, 0.4) is 0 Å². The second-order valence-corrected chi connectivity index (χ2v) is 7.97. The van der Waals surface area contributed by atoms with Crippen molar-refractivity contribution in [2.75, 3.05) is 6.54 Å². The molecule has 2 aromatic heterocycles. The van der Waals surface area contributed by atoms with E-state index < -0.39 is 5.67 Å². The number of halogens is 1. The van der Waals surface area contributed by atoms with E-state index in [9.17, 15) is 4.39 Å². The first-order valence-corrected chi connectivity index (χ1v) is 9.16. The second kappa shape index (κ2) is 6.16. The Morgan fingerprint density at radius 2 is 1.92 bits per heavy atom. The Bertz CT molecular complexity index is 923. The van der Waals surface area contributed by atoms with Crippen molar-refractivity contribution < 1.29 is 4.39 Å². The van der Waals surface area contributed by atoms with E-state index >= 15 is 0 Å². The number of aryl methyl sites for hydroxylation is 1. The Labute approximate surface area is 153 Å². The monoisotopic (exact) mass is 352 g/mol. The first-order valence-electron chi connectivity index (χ1n) is 9.16. The lowest BCUT2D eigenvalue weighted by atomic mass is 9.88. The van der Waals surface area contributed by atoms with Crippen LogP contribution in [-0.4, -0.2) is 38.1 Å². The van der Waals surface area contributed by atoms with Crippen LogP contribution in [0.4, 0.5) is 4.39 Å². The highest BCUT2D eigenvalue weighted by Crippen LogP contribution is 2.41. The summed E-state index contributed by atoms with van der Waals surface area (Å²) in [5.74, 6) is 0.742. The third kappa shape index (κ3) is 3.01. The molecule has 2 atom stereocenters. The third-order valence-corrected chi connectivity index (χ3v) is 5.19. The minimum atomic E-state index is -1.28. The van der Waals surface area contributed by atoms with Gasteiger partial charge < -0.3 is 4.98 Å². The van der Waals surface area contributed by atoms with Crippen LogP contribution in [0.1, 0.15) is 49.5 Å². The SMILES string of the molecule is Cc1ncc([C@@H]2c3[nH]c4ccccc4c3C[C@@H](C)N2CC(C)(C)F)cn1. The highest BCUT2D eigenvalue weighted by Gasteiger charge is 2.38. The molecule has 1 aliphatic heterocycles. The normalized spacial score (nSPS) is 21.1. The number of hydrogen-bond acceptors (Lipinski definition) is 3. The van der Waals surface area contributed by atoms with Crippen molar-refractivity contribution in [3.63, 3.8) is 0 Å². The van der Waals surface area contributed by atoms with Crippen LogP contribution in [0.15, 0.2) is 36.7 Å². The van der Waals surface area contributed by atoms with Gasteiger partial charge in [0.15, 0.2) is 0 Å². The van der Waals surface area contributed by atoms with Gasteiger partial charge in [-0.25, -0.2) is 14.4 Å². The molecule has 0 saturated heterocycles. The fourth-order valence-corrected chi connectivity index (χ4v) is 4.09. The Morgan fingerprint density at radius 1 is 1.23 bits per heavy atom. The van der Waals surface area contributed by atoms with E-state index in [1.165, 1.54) is 10.9 Å². The number of hydrogen-bond donors (Lipinski definition) is 1. The molecule has 0 aliphatic carbocycles. The number of aromatic nitrogens is 3. The molecule has 0 amide bonds. The van der Waals surface area contributed by atoms with E-state index in [0.717, 1.165) is 29.0 Å². The molecule has 4 nitrogen and oxygen atoms in total. The molecule has 136 valence electrons. The molecular formula is C21H25FN4. The van der Waals surface area contributed by atoms with E-state index in [1.54, 1.807) is 13.8 Å². The number of fused-ring (bicyclic) bond motifs is 3. The lowest BCUT2D eigenvalue weighted by Gasteiger charge is -2.42. The predicted octanol–water partition coefficient (Wildman–Crippen LogP) is 4.35. The Balaban J connectivity index is 1.90. The van der Waals surface area contributed by atoms with Crippen molar-refractivity contribution in [1.29, 1.82) is 0 Å². The minimum absolute atomic E-state index is 0.0724. The summed E-state index contributed by atoms with van der Waals surface area (Å²) in [6.07, 6.45) is 4.65. The van der Waals surface area contributed by atoms with Gasteiger partial charge in [0, 0.05) is 47.1 Å². The van der Waals surface area contributed by atoms with Gasteiger partial charge in [-0.15, -0.1) is 0 Å². The molecule has 1 aromatic carbocycles. The highest BCUT2D eigenvalue weighted by atomic mass is 19.1. The second-order valence-electron chi connectivity index (χ2n) is 7.97. The molecule has 4 rings (SSSR count). The van der Waals surface area contributed by atoms with Gasteiger partial charge in [-0.2, -0.15) is 0 Å². The standard InChI is InChI=1S/C21H25FN4/c1-13-9-17-16-7-5-6-8-18(16)25-19(17)20(26(13)12-21(3,4)22)15-10-23-14(2)24-11-15/h5-8,10-11,13,20,25H,9,12H2,1-4H3/t13-,20-/m1/s1. The van der Waals surface area contributed by atoms with E-state index in [2.05, 4.69) is 45.0 Å². The lowest BCUT2D eigenvalue weighted by Crippen LogP contribution is -2.47. The summed E-state index contributed by atoms with van der Waals surface area (Å²) in [5, 5.41) is 1.26. The van der Waals surface area contributed by atoms with Crippen LogP contribution in [-0.2, 0) is 6.42 Å². The van der Waals surface area contributed by atoms with Crippen molar-refractivity contribution >= 4 is 10.9 Å². The molecule has 0 spiro atoms. The van der Waals surface area contributed by atoms with Gasteiger partial charge in [0.1, 0.15) is 11.5 Å². The molecule has 5 heteroatoms. The maximum atomic E-state index is 14.6. The first-order chi connectivity index (χ1) is 12.3. The number of aromatic amines is 1. The number of nitrogens with one attached hydrogen (secondary N) is 1. The highest BCUT2D eigenvalue weighted by molar-refractivity contribution is 5.85. The fourth-order valence-electron chi connectivity index (χ4n) is 4.09. The summed E-state index contributed by atoms with van der Waals surface area (Å²) < 4.78 is 14.6. The number of alkyl halides is 1. The zero-order valence-electron chi connectivity index (χ0n) is 15.8. The summed E-state index contributed by atoms with van der Waals surface area (Å²) in [4.78, 5) is 14.6. The molecule has 0 saturated carbocycles. The van der Waals surface area contributed by atoms with E-state index in [1.807, 2.05) is 25.4 Å². The topological polar surface area (TPSA) is 44.8 Å². The first kappa shape index (κ1) is 17.2. The molecule has 1 aliphatic rings. The molecule has 0 unspecified atom stereocenters. The average molecular weight is 352 g/mol. The van der Waals surface area contributed by atoms with Crippen LogP contribution >= 0.6 is 0 Å². The summed E-state index contributed by atoms with van der Waals surface area (Å²) >= 11 is 0. The smallest absolute Gasteiger partial charge is 0.125 e. The van der Waals surface area contributed by atoms with Crippen LogP contribution in [0.25, 0.3) is 10.9 Å². The Kier molecular flexibility index (Phi) is 4.07. The van der Waals surface area contributed by atoms with Gasteiger partial charge in [-0.05, 0) is 45.7 Å².